The normalized spacial score (nSPS) is 17.1. The van der Waals surface area contributed by atoms with Crippen LogP contribution in [0.15, 0.2) is 54.9 Å². The average Bonchev–Trinajstić information content (AvgIpc) is 3.33. The minimum absolute atomic E-state index is 0.366. The Morgan fingerprint density at radius 3 is 2.77 bits per heavy atom. The second kappa shape index (κ2) is 7.93. The quantitative estimate of drug-likeness (QED) is 0.404. The predicted molar refractivity (Wildman–Crippen MR) is 121 cm³/mol. The van der Waals surface area contributed by atoms with Crippen LogP contribution in [0.3, 0.4) is 0 Å². The third-order valence-corrected chi connectivity index (χ3v) is 7.24. The first-order valence-electron chi connectivity index (χ1n) is 10.0. The Hall–Kier alpha value is -2.98. The van der Waals surface area contributed by atoms with E-state index in [1.807, 2.05) is 49.4 Å². The number of H-pyrrole nitrogens is 1. The smallest absolute Gasteiger partial charge is 0.157 e. The molecule has 8 nitrogen and oxygen atoms in total. The lowest BCUT2D eigenvalue weighted by Gasteiger charge is -2.36. The Bertz CT molecular complexity index is 1210. The van der Waals surface area contributed by atoms with Crippen molar-refractivity contribution in [1.82, 2.24) is 24.2 Å². The van der Waals surface area contributed by atoms with E-state index in [1.165, 1.54) is 0 Å². The van der Waals surface area contributed by atoms with Crippen molar-refractivity contribution in [3.8, 4) is 23.0 Å². The van der Waals surface area contributed by atoms with Gasteiger partial charge in [-0.25, -0.2) is 9.29 Å². The van der Waals surface area contributed by atoms with Crippen LogP contribution in [-0.2, 0) is 6.54 Å². The molecule has 1 fully saturated rings. The van der Waals surface area contributed by atoms with E-state index in [2.05, 4.69) is 19.9 Å². The van der Waals surface area contributed by atoms with Crippen molar-refractivity contribution >= 4 is 21.8 Å². The first-order valence-corrected chi connectivity index (χ1v) is 11.7. The van der Waals surface area contributed by atoms with Gasteiger partial charge in [-0.2, -0.15) is 0 Å². The van der Waals surface area contributed by atoms with Crippen LogP contribution in [0.1, 0.15) is 17.7 Å². The average molecular weight is 438 g/mol. The molecule has 31 heavy (non-hydrogen) atoms. The highest BCUT2D eigenvalue weighted by Gasteiger charge is 2.29. The van der Waals surface area contributed by atoms with Crippen LogP contribution in [0.4, 0.5) is 0 Å². The molecule has 0 unspecified atom stereocenters. The number of nitrogens with zero attached hydrogens (tertiary/aromatic N) is 4. The maximum Gasteiger partial charge on any atom is 0.157 e. The van der Waals surface area contributed by atoms with Gasteiger partial charge in [-0.15, -0.1) is 10.8 Å². The standard InChI is InChI=1S/C22H23N5O3S/c1-15-6-7-17(13-24-15)30-21-12-20-19(25-22(26-20)18-5-2-3-8-23-18)11-16(21)14-27-9-4-10-31(27,28)29/h2-3,5-8,11-13,28-29H,4,9-10,14H2,1H3,(H,25,26). The molecule has 4 aromatic rings. The molecular weight excluding hydrogens is 414 g/mol. The number of imidazole rings is 1. The number of aryl methyl sites for hydroxylation is 1. The molecule has 0 saturated carbocycles. The van der Waals surface area contributed by atoms with Gasteiger partial charge in [0.15, 0.2) is 5.82 Å². The molecule has 0 spiro atoms. The third kappa shape index (κ3) is 4.13. The van der Waals surface area contributed by atoms with Crippen LogP contribution in [0.25, 0.3) is 22.6 Å². The molecule has 1 saturated heterocycles. The van der Waals surface area contributed by atoms with Crippen molar-refractivity contribution in [2.75, 3.05) is 12.3 Å². The lowest BCUT2D eigenvalue weighted by molar-refractivity contribution is 0.368. The van der Waals surface area contributed by atoms with Gasteiger partial charge in [-0.3, -0.25) is 19.1 Å². The van der Waals surface area contributed by atoms with E-state index in [-0.39, 0.29) is 0 Å². The van der Waals surface area contributed by atoms with Gasteiger partial charge >= 0.3 is 0 Å². The summed E-state index contributed by atoms with van der Waals surface area (Å²) in [6.45, 7) is 2.92. The van der Waals surface area contributed by atoms with Crippen molar-refractivity contribution in [1.29, 1.82) is 0 Å². The van der Waals surface area contributed by atoms with Crippen LogP contribution in [0, 0.1) is 6.92 Å². The van der Waals surface area contributed by atoms with E-state index in [9.17, 15) is 9.11 Å². The summed E-state index contributed by atoms with van der Waals surface area (Å²) in [5, 5.41) is 0. The number of aromatic nitrogens is 4. The van der Waals surface area contributed by atoms with Crippen molar-refractivity contribution in [3.05, 3.63) is 66.1 Å². The van der Waals surface area contributed by atoms with E-state index >= 15 is 0 Å². The van der Waals surface area contributed by atoms with Crippen molar-refractivity contribution in [2.24, 2.45) is 0 Å². The number of nitrogens with one attached hydrogen (secondary N) is 1. The summed E-state index contributed by atoms with van der Waals surface area (Å²) < 4.78 is 28.6. The van der Waals surface area contributed by atoms with Gasteiger partial charge in [-0.05, 0) is 43.7 Å². The van der Waals surface area contributed by atoms with Crippen LogP contribution in [0.2, 0.25) is 0 Å². The Morgan fingerprint density at radius 1 is 1.16 bits per heavy atom. The molecule has 3 aromatic heterocycles. The second-order valence-electron chi connectivity index (χ2n) is 7.57. The fourth-order valence-electron chi connectivity index (χ4n) is 3.65. The third-order valence-electron chi connectivity index (χ3n) is 5.27. The summed E-state index contributed by atoms with van der Waals surface area (Å²) in [4.78, 5) is 16.7. The van der Waals surface area contributed by atoms with Gasteiger partial charge in [0.05, 0.1) is 23.0 Å². The Kier molecular flexibility index (Phi) is 5.11. The highest BCUT2D eigenvalue weighted by molar-refractivity contribution is 8.22. The summed E-state index contributed by atoms with van der Waals surface area (Å²) >= 11 is 0. The molecule has 0 amide bonds. The van der Waals surface area contributed by atoms with E-state index in [1.54, 1.807) is 16.7 Å². The van der Waals surface area contributed by atoms with Crippen LogP contribution < -0.4 is 4.74 Å². The Morgan fingerprint density at radius 2 is 2.06 bits per heavy atom. The molecule has 0 aliphatic carbocycles. The lowest BCUT2D eigenvalue weighted by Crippen LogP contribution is -2.22. The van der Waals surface area contributed by atoms with Gasteiger partial charge < -0.3 is 9.72 Å². The molecular formula is C22H23N5O3S. The summed E-state index contributed by atoms with van der Waals surface area (Å²) in [6, 6.07) is 13.3. The predicted octanol–water partition coefficient (Wildman–Crippen LogP) is 4.99. The van der Waals surface area contributed by atoms with Crippen molar-refractivity contribution in [3.63, 3.8) is 0 Å². The minimum Gasteiger partial charge on any atom is -0.455 e. The van der Waals surface area contributed by atoms with Crippen LogP contribution in [-0.4, -0.2) is 45.6 Å². The van der Waals surface area contributed by atoms with E-state index in [0.717, 1.165) is 34.4 Å². The monoisotopic (exact) mass is 437 g/mol. The minimum atomic E-state index is -2.74. The number of hydrogen-bond donors (Lipinski definition) is 3. The molecule has 1 aromatic carbocycles. The molecule has 4 heterocycles. The Balaban J connectivity index is 1.56. The molecule has 3 N–H and O–H groups in total. The molecule has 0 bridgehead atoms. The maximum atomic E-state index is 10.4. The highest BCUT2D eigenvalue weighted by Crippen LogP contribution is 2.50. The molecule has 0 radical (unpaired) electrons. The van der Waals surface area contributed by atoms with Gasteiger partial charge in [0, 0.05) is 36.6 Å². The SMILES string of the molecule is Cc1ccc(Oc2cc3nc(-c4ccccn4)[nH]c3cc2CN2CCCS2(O)O)cn1. The van der Waals surface area contributed by atoms with E-state index in [0.29, 0.717) is 36.2 Å². The highest BCUT2D eigenvalue weighted by atomic mass is 32.3. The summed E-state index contributed by atoms with van der Waals surface area (Å²) in [6.07, 6.45) is 4.16. The molecule has 1 aliphatic rings. The number of rotatable bonds is 5. The molecule has 0 atom stereocenters. The van der Waals surface area contributed by atoms with Gasteiger partial charge in [-0.1, -0.05) is 6.07 Å². The van der Waals surface area contributed by atoms with Gasteiger partial charge in [0.25, 0.3) is 0 Å². The number of benzene rings is 1. The first kappa shape index (κ1) is 20.0. The molecule has 1 aliphatic heterocycles. The zero-order chi connectivity index (χ0) is 21.4. The summed E-state index contributed by atoms with van der Waals surface area (Å²) in [7, 11) is -2.74. The fraction of sp³-hybridized carbons (Fsp3) is 0.227. The van der Waals surface area contributed by atoms with E-state index < -0.39 is 10.8 Å². The summed E-state index contributed by atoms with van der Waals surface area (Å²) in [5.74, 6) is 2.29. The van der Waals surface area contributed by atoms with Crippen molar-refractivity contribution in [2.45, 2.75) is 19.9 Å². The zero-order valence-corrected chi connectivity index (χ0v) is 17.8. The zero-order valence-electron chi connectivity index (χ0n) is 17.0. The van der Waals surface area contributed by atoms with Gasteiger partial charge in [0.2, 0.25) is 0 Å². The summed E-state index contributed by atoms with van der Waals surface area (Å²) in [5.41, 5.74) is 4.07. The lowest BCUT2D eigenvalue weighted by atomic mass is 10.1. The number of fused-ring (bicyclic) bond motifs is 1. The Labute approximate surface area is 181 Å². The molecule has 5 rings (SSSR count). The number of ether oxygens (including phenoxy) is 1. The topological polar surface area (TPSA) is 107 Å². The van der Waals surface area contributed by atoms with Crippen molar-refractivity contribution < 1.29 is 13.8 Å². The molecule has 160 valence electrons. The van der Waals surface area contributed by atoms with Gasteiger partial charge in [0.1, 0.15) is 17.2 Å². The maximum absolute atomic E-state index is 10.4. The number of hydrogen-bond acceptors (Lipinski definition) is 7. The molecule has 9 heteroatoms. The van der Waals surface area contributed by atoms with Crippen LogP contribution in [0.5, 0.6) is 11.5 Å². The number of pyridine rings is 2. The van der Waals surface area contributed by atoms with E-state index in [4.69, 9.17) is 4.74 Å². The largest absolute Gasteiger partial charge is 0.455 e. The fourth-order valence-corrected chi connectivity index (χ4v) is 5.19. The first-order chi connectivity index (χ1) is 15.0. The second-order valence-corrected chi connectivity index (χ2v) is 9.76. The van der Waals surface area contributed by atoms with Crippen LogP contribution >= 0.6 is 10.8 Å². The number of aromatic amines is 1.